The molecule has 0 aromatic rings. The van der Waals surface area contributed by atoms with Gasteiger partial charge in [-0.15, -0.1) is 0 Å². The van der Waals surface area contributed by atoms with Crippen LogP contribution in [0, 0.1) is 0 Å². The molecule has 18 heavy (non-hydrogen) atoms. The fraction of sp³-hybridized carbons (Fsp3) is 1.00. The van der Waals surface area contributed by atoms with Crippen LogP contribution in [0.5, 0.6) is 0 Å². The van der Waals surface area contributed by atoms with Gasteiger partial charge in [0.25, 0.3) is 0 Å². The van der Waals surface area contributed by atoms with Crippen LogP contribution < -0.4 is 10.0 Å². The number of hydrogen-bond acceptors (Lipinski definition) is 5. The highest BCUT2D eigenvalue weighted by Gasteiger charge is 2.28. The molecule has 0 radical (unpaired) electrons. The van der Waals surface area contributed by atoms with Gasteiger partial charge in [-0.25, -0.2) is 21.6 Å². The van der Waals surface area contributed by atoms with E-state index in [1.165, 1.54) is 0 Å². The van der Waals surface area contributed by atoms with Crippen LogP contribution in [0.25, 0.3) is 0 Å². The fourth-order valence-corrected chi connectivity index (χ4v) is 5.62. The van der Waals surface area contributed by atoms with Gasteiger partial charge in [0.2, 0.25) is 10.0 Å². The second-order valence-electron chi connectivity index (χ2n) is 5.12. The zero-order chi connectivity index (χ0) is 13.2. The minimum atomic E-state index is -3.31. The van der Waals surface area contributed by atoms with Gasteiger partial charge in [-0.3, -0.25) is 0 Å². The van der Waals surface area contributed by atoms with Crippen LogP contribution in [0.15, 0.2) is 0 Å². The van der Waals surface area contributed by atoms with E-state index in [2.05, 4.69) is 10.0 Å². The lowest BCUT2D eigenvalue weighted by molar-refractivity contribution is 0.500. The Labute approximate surface area is 108 Å². The number of sulfone groups is 1. The Morgan fingerprint density at radius 3 is 2.39 bits per heavy atom. The molecule has 1 atom stereocenters. The highest BCUT2D eigenvalue weighted by atomic mass is 32.2. The van der Waals surface area contributed by atoms with Crippen molar-refractivity contribution in [2.75, 3.05) is 23.8 Å². The molecule has 0 aromatic heterocycles. The van der Waals surface area contributed by atoms with E-state index in [1.54, 1.807) is 0 Å². The van der Waals surface area contributed by atoms with Crippen molar-refractivity contribution in [3.8, 4) is 0 Å². The van der Waals surface area contributed by atoms with Gasteiger partial charge in [-0.05, 0) is 32.2 Å². The quantitative estimate of drug-likeness (QED) is 0.711. The lowest BCUT2D eigenvalue weighted by atomic mass is 10.2. The lowest BCUT2D eigenvalue weighted by Crippen LogP contribution is -2.44. The molecule has 0 amide bonds. The molecule has 2 aliphatic rings. The predicted molar refractivity (Wildman–Crippen MR) is 69.6 cm³/mol. The minimum Gasteiger partial charge on any atom is -0.313 e. The Kier molecular flexibility index (Phi) is 4.30. The SMILES string of the molecule is O=S1(=O)CCC(NS(=O)(=O)CC2CCCN2)CC1. The molecule has 106 valence electrons. The minimum absolute atomic E-state index is 0.0369. The van der Waals surface area contributed by atoms with Crippen molar-refractivity contribution in [1.29, 1.82) is 0 Å². The molecule has 0 aliphatic carbocycles. The average molecular weight is 296 g/mol. The largest absolute Gasteiger partial charge is 0.313 e. The van der Waals surface area contributed by atoms with Gasteiger partial charge in [-0.2, -0.15) is 0 Å². The zero-order valence-electron chi connectivity index (χ0n) is 10.3. The van der Waals surface area contributed by atoms with Crippen molar-refractivity contribution >= 4 is 19.9 Å². The molecule has 2 N–H and O–H groups in total. The standard InChI is InChI=1S/C10H20N2O4S2/c13-17(14)6-3-9(4-7-17)12-18(15,16)8-10-2-1-5-11-10/h9-12H,1-8H2. The first kappa shape index (κ1) is 14.2. The highest BCUT2D eigenvalue weighted by Crippen LogP contribution is 2.14. The molecule has 2 saturated heterocycles. The van der Waals surface area contributed by atoms with Crippen molar-refractivity contribution in [3.63, 3.8) is 0 Å². The van der Waals surface area contributed by atoms with E-state index >= 15 is 0 Å². The van der Waals surface area contributed by atoms with Crippen molar-refractivity contribution in [1.82, 2.24) is 10.0 Å². The van der Waals surface area contributed by atoms with Crippen LogP contribution in [0.4, 0.5) is 0 Å². The Balaban J connectivity index is 1.84. The second kappa shape index (κ2) is 5.44. The van der Waals surface area contributed by atoms with Crippen molar-refractivity contribution in [2.24, 2.45) is 0 Å². The van der Waals surface area contributed by atoms with Crippen LogP contribution in [0.2, 0.25) is 0 Å². The Morgan fingerprint density at radius 1 is 1.17 bits per heavy atom. The van der Waals surface area contributed by atoms with Gasteiger partial charge in [0.15, 0.2) is 0 Å². The maximum absolute atomic E-state index is 11.9. The normalized spacial score (nSPS) is 29.4. The van der Waals surface area contributed by atoms with Crippen LogP contribution in [-0.2, 0) is 19.9 Å². The highest BCUT2D eigenvalue weighted by molar-refractivity contribution is 7.91. The summed E-state index contributed by atoms with van der Waals surface area (Å²) in [6, 6.07) is -0.185. The van der Waals surface area contributed by atoms with Gasteiger partial charge in [0.05, 0.1) is 17.3 Å². The summed E-state index contributed by atoms with van der Waals surface area (Å²) in [6.07, 6.45) is 2.68. The molecule has 0 aromatic carbocycles. The molecule has 0 spiro atoms. The molecule has 8 heteroatoms. The second-order valence-corrected chi connectivity index (χ2v) is 9.22. The van der Waals surface area contributed by atoms with Gasteiger partial charge in [0.1, 0.15) is 9.84 Å². The van der Waals surface area contributed by atoms with Crippen molar-refractivity contribution in [2.45, 2.75) is 37.8 Å². The van der Waals surface area contributed by atoms with E-state index in [0.717, 1.165) is 19.4 Å². The molecule has 1 unspecified atom stereocenters. The maximum Gasteiger partial charge on any atom is 0.213 e. The monoisotopic (exact) mass is 296 g/mol. The molecule has 2 fully saturated rings. The van der Waals surface area contributed by atoms with Crippen molar-refractivity contribution < 1.29 is 16.8 Å². The Bertz CT molecular complexity index is 466. The summed E-state index contributed by atoms with van der Waals surface area (Å²) in [5.41, 5.74) is 0. The smallest absolute Gasteiger partial charge is 0.213 e. The van der Waals surface area contributed by atoms with E-state index in [9.17, 15) is 16.8 Å². The van der Waals surface area contributed by atoms with E-state index in [-0.39, 0.29) is 29.3 Å². The molecule has 2 heterocycles. The van der Waals surface area contributed by atoms with E-state index in [1.807, 2.05) is 0 Å². The third-order valence-corrected chi connectivity index (χ3v) is 6.73. The predicted octanol–water partition coefficient (Wildman–Crippen LogP) is -0.765. The summed E-state index contributed by atoms with van der Waals surface area (Å²) in [7, 11) is -6.25. The first-order chi connectivity index (χ1) is 8.36. The Hall–Kier alpha value is -0.180. The lowest BCUT2D eigenvalue weighted by Gasteiger charge is -2.23. The molecule has 2 aliphatic heterocycles. The third-order valence-electron chi connectivity index (χ3n) is 3.48. The number of rotatable bonds is 4. The molecular formula is C10H20N2O4S2. The molecule has 0 bridgehead atoms. The van der Waals surface area contributed by atoms with Crippen LogP contribution in [0.3, 0.4) is 0 Å². The topological polar surface area (TPSA) is 92.3 Å². The summed E-state index contributed by atoms with van der Waals surface area (Å²) in [5, 5.41) is 3.15. The number of hydrogen-bond donors (Lipinski definition) is 2. The molecular weight excluding hydrogens is 276 g/mol. The van der Waals surface area contributed by atoms with Crippen LogP contribution >= 0.6 is 0 Å². The Morgan fingerprint density at radius 2 is 1.83 bits per heavy atom. The summed E-state index contributed by atoms with van der Waals surface area (Å²) in [4.78, 5) is 0. The van der Waals surface area contributed by atoms with E-state index in [4.69, 9.17) is 0 Å². The van der Waals surface area contributed by atoms with Crippen molar-refractivity contribution in [3.05, 3.63) is 0 Å². The summed E-state index contributed by atoms with van der Waals surface area (Å²) >= 11 is 0. The molecule has 2 rings (SSSR count). The van der Waals surface area contributed by atoms with E-state index < -0.39 is 19.9 Å². The third kappa shape index (κ3) is 4.18. The molecule has 6 nitrogen and oxygen atoms in total. The van der Waals surface area contributed by atoms with Crippen LogP contribution in [0.1, 0.15) is 25.7 Å². The molecule has 0 saturated carbocycles. The number of sulfonamides is 1. The summed E-state index contributed by atoms with van der Waals surface area (Å²) in [6.45, 7) is 0.877. The van der Waals surface area contributed by atoms with Gasteiger partial charge in [-0.1, -0.05) is 0 Å². The van der Waals surface area contributed by atoms with E-state index in [0.29, 0.717) is 12.8 Å². The fourth-order valence-electron chi connectivity index (χ4n) is 2.47. The van der Waals surface area contributed by atoms with Gasteiger partial charge >= 0.3 is 0 Å². The van der Waals surface area contributed by atoms with Crippen LogP contribution in [-0.4, -0.2) is 52.7 Å². The average Bonchev–Trinajstić information content (AvgIpc) is 2.73. The number of nitrogens with one attached hydrogen (secondary N) is 2. The zero-order valence-corrected chi connectivity index (χ0v) is 11.9. The summed E-state index contributed by atoms with van der Waals surface area (Å²) in [5.74, 6) is 0.264. The maximum atomic E-state index is 11.9. The van der Waals surface area contributed by atoms with Gasteiger partial charge < -0.3 is 5.32 Å². The van der Waals surface area contributed by atoms with Gasteiger partial charge in [0, 0.05) is 12.1 Å². The first-order valence-corrected chi connectivity index (χ1v) is 9.77. The first-order valence-electron chi connectivity index (χ1n) is 6.30. The summed E-state index contributed by atoms with van der Waals surface area (Å²) < 4.78 is 49.0.